The Morgan fingerprint density at radius 1 is 1.10 bits per heavy atom. The molecule has 0 saturated heterocycles. The third-order valence-corrected chi connectivity index (χ3v) is 4.31. The van der Waals surface area contributed by atoms with Crippen molar-refractivity contribution in [3.63, 3.8) is 0 Å². The number of halogens is 1. The molecule has 2 nitrogen and oxygen atoms in total. The summed E-state index contributed by atoms with van der Waals surface area (Å²) < 4.78 is 13.6. The number of carboxylic acid groups (broad SMARTS) is 1. The Labute approximate surface area is 124 Å². The maximum Gasteiger partial charge on any atom is 0.335 e. The molecular formula is C18H19FO2. The van der Waals surface area contributed by atoms with E-state index in [1.54, 1.807) is 24.3 Å². The number of hydrogen-bond acceptors (Lipinski definition) is 1. The first kappa shape index (κ1) is 15.2. The zero-order valence-corrected chi connectivity index (χ0v) is 12.4. The van der Waals surface area contributed by atoms with Gasteiger partial charge < -0.3 is 5.11 Å². The Bertz CT molecular complexity index is 647. The average Bonchev–Trinajstić information content (AvgIpc) is 2.46. The molecule has 1 unspecified atom stereocenters. The molecule has 0 radical (unpaired) electrons. The first-order chi connectivity index (χ1) is 9.85. The van der Waals surface area contributed by atoms with Gasteiger partial charge in [-0.15, -0.1) is 0 Å². The summed E-state index contributed by atoms with van der Waals surface area (Å²) in [6.07, 6.45) is 0. The van der Waals surface area contributed by atoms with Crippen molar-refractivity contribution in [1.29, 1.82) is 0 Å². The van der Waals surface area contributed by atoms with Crippen molar-refractivity contribution in [2.24, 2.45) is 5.92 Å². The van der Waals surface area contributed by atoms with E-state index in [2.05, 4.69) is 20.8 Å². The summed E-state index contributed by atoms with van der Waals surface area (Å²) >= 11 is 0. The van der Waals surface area contributed by atoms with E-state index in [4.69, 9.17) is 5.11 Å². The normalized spacial score (nSPS) is 14.0. The van der Waals surface area contributed by atoms with Crippen LogP contribution in [0, 0.1) is 11.7 Å². The van der Waals surface area contributed by atoms with Crippen LogP contribution in [0.1, 0.15) is 42.3 Å². The van der Waals surface area contributed by atoms with Crippen molar-refractivity contribution in [3.05, 3.63) is 71.0 Å². The largest absolute Gasteiger partial charge is 0.478 e. The van der Waals surface area contributed by atoms with Gasteiger partial charge in [-0.2, -0.15) is 0 Å². The molecule has 0 aliphatic heterocycles. The highest BCUT2D eigenvalue weighted by Crippen LogP contribution is 2.39. The van der Waals surface area contributed by atoms with E-state index in [-0.39, 0.29) is 22.7 Å². The number of aromatic carboxylic acids is 1. The predicted octanol–water partition coefficient (Wildman–Crippen LogP) is 4.49. The molecule has 0 amide bonds. The van der Waals surface area contributed by atoms with Gasteiger partial charge in [0.15, 0.2) is 0 Å². The molecule has 0 saturated carbocycles. The minimum atomic E-state index is -0.946. The van der Waals surface area contributed by atoms with Gasteiger partial charge in [-0.05, 0) is 41.3 Å². The van der Waals surface area contributed by atoms with Crippen LogP contribution in [-0.2, 0) is 5.41 Å². The Hall–Kier alpha value is -2.16. The standard InChI is InChI=1S/C18H19FO2/c1-12(2)18(3,15-5-4-6-16(19)11-15)14-9-7-13(8-10-14)17(20)21/h4-12H,1-3H3,(H,20,21). The van der Waals surface area contributed by atoms with Gasteiger partial charge in [0.1, 0.15) is 5.82 Å². The minimum Gasteiger partial charge on any atom is -0.478 e. The summed E-state index contributed by atoms with van der Waals surface area (Å²) in [4.78, 5) is 11.0. The first-order valence-corrected chi connectivity index (χ1v) is 6.95. The van der Waals surface area contributed by atoms with Crippen LogP contribution < -0.4 is 0 Å². The van der Waals surface area contributed by atoms with Crippen molar-refractivity contribution in [3.8, 4) is 0 Å². The average molecular weight is 286 g/mol. The number of benzene rings is 2. The highest BCUT2D eigenvalue weighted by atomic mass is 19.1. The smallest absolute Gasteiger partial charge is 0.335 e. The van der Waals surface area contributed by atoms with Crippen LogP contribution in [0.5, 0.6) is 0 Å². The van der Waals surface area contributed by atoms with Crippen LogP contribution in [0.25, 0.3) is 0 Å². The van der Waals surface area contributed by atoms with E-state index in [1.807, 2.05) is 18.2 Å². The van der Waals surface area contributed by atoms with Gasteiger partial charge in [-0.3, -0.25) is 0 Å². The van der Waals surface area contributed by atoms with Crippen molar-refractivity contribution in [2.75, 3.05) is 0 Å². The molecule has 0 bridgehead atoms. The van der Waals surface area contributed by atoms with E-state index in [0.29, 0.717) is 0 Å². The highest BCUT2D eigenvalue weighted by molar-refractivity contribution is 5.87. The van der Waals surface area contributed by atoms with Gasteiger partial charge in [0, 0.05) is 5.41 Å². The maximum absolute atomic E-state index is 13.6. The zero-order valence-electron chi connectivity index (χ0n) is 12.4. The number of rotatable bonds is 4. The molecule has 21 heavy (non-hydrogen) atoms. The fourth-order valence-electron chi connectivity index (χ4n) is 2.60. The fourth-order valence-corrected chi connectivity index (χ4v) is 2.60. The van der Waals surface area contributed by atoms with Crippen LogP contribution in [-0.4, -0.2) is 11.1 Å². The Morgan fingerprint density at radius 2 is 1.71 bits per heavy atom. The quantitative estimate of drug-likeness (QED) is 0.899. The monoisotopic (exact) mass is 286 g/mol. The molecule has 1 atom stereocenters. The lowest BCUT2D eigenvalue weighted by Gasteiger charge is -2.35. The fraction of sp³-hybridized carbons (Fsp3) is 0.278. The molecule has 0 aliphatic rings. The summed E-state index contributed by atoms with van der Waals surface area (Å²) in [7, 11) is 0. The third kappa shape index (κ3) is 2.82. The summed E-state index contributed by atoms with van der Waals surface area (Å²) in [6, 6.07) is 13.4. The second-order valence-corrected chi connectivity index (χ2v) is 5.75. The molecule has 0 aliphatic carbocycles. The first-order valence-electron chi connectivity index (χ1n) is 6.95. The van der Waals surface area contributed by atoms with Crippen LogP contribution in [0.2, 0.25) is 0 Å². The second-order valence-electron chi connectivity index (χ2n) is 5.75. The van der Waals surface area contributed by atoms with E-state index < -0.39 is 5.97 Å². The summed E-state index contributed by atoms with van der Waals surface area (Å²) in [5.41, 5.74) is 1.75. The minimum absolute atomic E-state index is 0.231. The second kappa shape index (κ2) is 5.68. The number of hydrogen-bond donors (Lipinski definition) is 1. The van der Waals surface area contributed by atoms with Crippen molar-refractivity contribution >= 4 is 5.97 Å². The molecule has 1 N–H and O–H groups in total. The number of carbonyl (C=O) groups is 1. The Balaban J connectivity index is 2.54. The lowest BCUT2D eigenvalue weighted by Crippen LogP contribution is -2.30. The molecule has 110 valence electrons. The van der Waals surface area contributed by atoms with Crippen molar-refractivity contribution in [1.82, 2.24) is 0 Å². The maximum atomic E-state index is 13.6. The highest BCUT2D eigenvalue weighted by Gasteiger charge is 2.32. The van der Waals surface area contributed by atoms with Crippen LogP contribution in [0.4, 0.5) is 4.39 Å². The molecular weight excluding hydrogens is 267 g/mol. The SMILES string of the molecule is CC(C)C(C)(c1ccc(C(=O)O)cc1)c1cccc(F)c1. The molecule has 0 fully saturated rings. The third-order valence-electron chi connectivity index (χ3n) is 4.31. The molecule has 0 heterocycles. The van der Waals surface area contributed by atoms with Crippen LogP contribution in [0.15, 0.2) is 48.5 Å². The predicted molar refractivity (Wildman–Crippen MR) is 81.1 cm³/mol. The Morgan fingerprint density at radius 3 is 2.19 bits per heavy atom. The lowest BCUT2D eigenvalue weighted by molar-refractivity contribution is 0.0697. The topological polar surface area (TPSA) is 37.3 Å². The van der Waals surface area contributed by atoms with Gasteiger partial charge in [0.2, 0.25) is 0 Å². The van der Waals surface area contributed by atoms with Crippen LogP contribution >= 0.6 is 0 Å². The summed E-state index contributed by atoms with van der Waals surface area (Å²) in [6.45, 7) is 6.22. The Kier molecular flexibility index (Phi) is 4.12. The van der Waals surface area contributed by atoms with E-state index in [1.165, 1.54) is 6.07 Å². The van der Waals surface area contributed by atoms with Gasteiger partial charge in [-0.25, -0.2) is 9.18 Å². The van der Waals surface area contributed by atoms with E-state index >= 15 is 0 Å². The van der Waals surface area contributed by atoms with Gasteiger partial charge in [-0.1, -0.05) is 45.0 Å². The summed E-state index contributed by atoms with van der Waals surface area (Å²) in [5, 5.41) is 8.99. The molecule has 0 aromatic heterocycles. The van der Waals surface area contributed by atoms with Gasteiger partial charge >= 0.3 is 5.97 Å². The number of carboxylic acids is 1. The molecule has 3 heteroatoms. The van der Waals surface area contributed by atoms with Crippen molar-refractivity contribution in [2.45, 2.75) is 26.2 Å². The van der Waals surface area contributed by atoms with Gasteiger partial charge in [0.05, 0.1) is 5.56 Å². The molecule has 0 spiro atoms. The van der Waals surface area contributed by atoms with Gasteiger partial charge in [0.25, 0.3) is 0 Å². The van der Waals surface area contributed by atoms with E-state index in [9.17, 15) is 9.18 Å². The molecule has 2 aromatic carbocycles. The molecule has 2 aromatic rings. The molecule has 2 rings (SSSR count). The van der Waals surface area contributed by atoms with E-state index in [0.717, 1.165) is 11.1 Å². The zero-order chi connectivity index (χ0) is 15.6. The van der Waals surface area contributed by atoms with Crippen molar-refractivity contribution < 1.29 is 14.3 Å². The lowest BCUT2D eigenvalue weighted by atomic mass is 9.68. The summed E-state index contributed by atoms with van der Waals surface area (Å²) in [5.74, 6) is -0.977. The van der Waals surface area contributed by atoms with Crippen LogP contribution in [0.3, 0.4) is 0 Å².